The Bertz CT molecular complexity index is 1080. The van der Waals surface area contributed by atoms with Gasteiger partial charge in [-0.3, -0.25) is 0 Å². The summed E-state index contributed by atoms with van der Waals surface area (Å²) in [7, 11) is 0. The third-order valence-corrected chi connectivity index (χ3v) is 4.85. The third-order valence-electron chi connectivity index (χ3n) is 4.85. The minimum absolute atomic E-state index is 0.628. The van der Waals surface area contributed by atoms with E-state index in [-0.39, 0.29) is 0 Å². The zero-order chi connectivity index (χ0) is 17.4. The summed E-state index contributed by atoms with van der Waals surface area (Å²) in [5.74, 6) is 0. The SMILES string of the molecule is Cc1ccc2ccccc2c1C(=[N+]=[N-])c1c(C)ccc2ccccc12. The number of nitrogens with zero attached hydrogens (tertiary/aromatic N) is 2. The van der Waals surface area contributed by atoms with Gasteiger partial charge in [-0.25, -0.2) is 0 Å². The van der Waals surface area contributed by atoms with E-state index in [9.17, 15) is 5.53 Å². The van der Waals surface area contributed by atoms with Crippen LogP contribution in [0.15, 0.2) is 72.8 Å². The summed E-state index contributed by atoms with van der Waals surface area (Å²) in [6.45, 7) is 4.13. The Balaban J connectivity index is 2.12. The Morgan fingerprint density at radius 2 is 1.08 bits per heavy atom. The summed E-state index contributed by atoms with van der Waals surface area (Å²) >= 11 is 0. The smallest absolute Gasteiger partial charge is 0.331 e. The molecule has 4 aromatic rings. The van der Waals surface area contributed by atoms with Crippen molar-refractivity contribution >= 4 is 27.3 Å². The Labute approximate surface area is 147 Å². The Hall–Kier alpha value is -3.22. The average molecular weight is 322 g/mol. The maximum atomic E-state index is 9.99. The molecule has 2 heteroatoms. The van der Waals surface area contributed by atoms with Gasteiger partial charge in [0.2, 0.25) is 0 Å². The number of hydrogen-bond acceptors (Lipinski definition) is 0. The van der Waals surface area contributed by atoms with Gasteiger partial charge in [0.15, 0.2) is 0 Å². The first-order valence-electron chi connectivity index (χ1n) is 8.40. The average Bonchev–Trinajstić information content (AvgIpc) is 2.65. The largest absolute Gasteiger partial charge is 0.361 e. The van der Waals surface area contributed by atoms with Gasteiger partial charge in [-0.2, -0.15) is 4.79 Å². The number of benzene rings is 4. The zero-order valence-electron chi connectivity index (χ0n) is 14.3. The van der Waals surface area contributed by atoms with Crippen molar-refractivity contribution in [2.24, 2.45) is 0 Å². The van der Waals surface area contributed by atoms with Crippen LogP contribution < -0.4 is 0 Å². The highest BCUT2D eigenvalue weighted by atomic mass is 14.9. The first-order chi connectivity index (χ1) is 12.2. The highest BCUT2D eigenvalue weighted by Gasteiger charge is 2.24. The van der Waals surface area contributed by atoms with Crippen molar-refractivity contribution in [3.8, 4) is 0 Å². The van der Waals surface area contributed by atoms with Crippen LogP contribution in [0.3, 0.4) is 0 Å². The van der Waals surface area contributed by atoms with E-state index in [2.05, 4.69) is 67.2 Å². The first-order valence-corrected chi connectivity index (χ1v) is 8.40. The maximum absolute atomic E-state index is 9.99. The lowest BCUT2D eigenvalue weighted by Crippen LogP contribution is -2.10. The predicted molar refractivity (Wildman–Crippen MR) is 104 cm³/mol. The summed E-state index contributed by atoms with van der Waals surface area (Å²) in [5.41, 5.74) is 14.8. The lowest BCUT2D eigenvalue weighted by Gasteiger charge is -2.11. The Morgan fingerprint density at radius 1 is 0.640 bits per heavy atom. The Kier molecular flexibility index (Phi) is 3.68. The van der Waals surface area contributed by atoms with Gasteiger partial charge in [0.25, 0.3) is 0 Å². The van der Waals surface area contributed by atoms with E-state index in [1.165, 1.54) is 0 Å². The first kappa shape index (κ1) is 15.3. The molecule has 0 spiro atoms. The molecule has 0 radical (unpaired) electrons. The monoisotopic (exact) mass is 322 g/mol. The lowest BCUT2D eigenvalue weighted by molar-refractivity contribution is -0.00263. The molecule has 0 aliphatic carbocycles. The zero-order valence-corrected chi connectivity index (χ0v) is 14.3. The molecule has 25 heavy (non-hydrogen) atoms. The van der Waals surface area contributed by atoms with Crippen LogP contribution in [0.4, 0.5) is 0 Å². The van der Waals surface area contributed by atoms with Gasteiger partial charge in [0, 0.05) is 0 Å². The van der Waals surface area contributed by atoms with Crippen LogP contribution in [0.1, 0.15) is 22.3 Å². The second kappa shape index (κ2) is 6.01. The van der Waals surface area contributed by atoms with Crippen molar-refractivity contribution in [2.75, 3.05) is 0 Å². The highest BCUT2D eigenvalue weighted by Crippen LogP contribution is 2.29. The molecule has 0 heterocycles. The van der Waals surface area contributed by atoms with Gasteiger partial charge in [0.05, 0.1) is 11.1 Å². The second-order valence-electron chi connectivity index (χ2n) is 6.41. The molecule has 0 N–H and O–H groups in total. The summed E-state index contributed by atoms with van der Waals surface area (Å²) in [6, 6.07) is 24.8. The van der Waals surface area contributed by atoms with Crippen molar-refractivity contribution < 1.29 is 4.79 Å². The van der Waals surface area contributed by atoms with Gasteiger partial charge in [-0.05, 0) is 46.5 Å². The van der Waals surface area contributed by atoms with Gasteiger partial charge in [0.1, 0.15) is 0 Å². The number of aryl methyl sites for hydroxylation is 2. The highest BCUT2D eigenvalue weighted by molar-refractivity contribution is 6.23. The molecule has 4 rings (SSSR count). The van der Waals surface area contributed by atoms with Crippen molar-refractivity contribution in [2.45, 2.75) is 13.8 Å². The van der Waals surface area contributed by atoms with Crippen LogP contribution in [-0.4, -0.2) is 10.5 Å². The molecular weight excluding hydrogens is 304 g/mol. The molecule has 2 nitrogen and oxygen atoms in total. The van der Waals surface area contributed by atoms with Gasteiger partial charge in [-0.1, -0.05) is 72.8 Å². The standard InChI is InChI=1S/C23H18N2/c1-15-11-13-17-7-3-5-9-19(17)21(15)23(25-24)22-16(2)12-14-18-8-4-6-10-20(18)22/h3-14H,1-2H3. The quantitative estimate of drug-likeness (QED) is 0.259. The molecular formula is C23H18N2. The van der Waals surface area contributed by atoms with Crippen LogP contribution in [0.25, 0.3) is 27.1 Å². The predicted octanol–water partition coefficient (Wildman–Crippen LogP) is 5.68. The summed E-state index contributed by atoms with van der Waals surface area (Å²) < 4.78 is 0. The van der Waals surface area contributed by atoms with Gasteiger partial charge in [-0.15, -0.1) is 0 Å². The fourth-order valence-electron chi connectivity index (χ4n) is 3.61. The van der Waals surface area contributed by atoms with E-state index < -0.39 is 0 Å². The van der Waals surface area contributed by atoms with E-state index in [0.717, 1.165) is 43.8 Å². The number of rotatable bonds is 2. The molecule has 0 unspecified atom stereocenters. The topological polar surface area (TPSA) is 36.4 Å². The van der Waals surface area contributed by atoms with E-state index in [1.807, 2.05) is 24.3 Å². The van der Waals surface area contributed by atoms with Crippen molar-refractivity contribution in [1.29, 1.82) is 0 Å². The van der Waals surface area contributed by atoms with Crippen molar-refractivity contribution in [1.82, 2.24) is 0 Å². The molecule has 0 aliphatic heterocycles. The summed E-state index contributed by atoms with van der Waals surface area (Å²) in [6.07, 6.45) is 0. The molecule has 0 aromatic heterocycles. The third kappa shape index (κ3) is 2.44. The van der Waals surface area contributed by atoms with Crippen LogP contribution in [0, 0.1) is 13.8 Å². The second-order valence-corrected chi connectivity index (χ2v) is 6.41. The Morgan fingerprint density at radius 3 is 1.52 bits per heavy atom. The van der Waals surface area contributed by atoms with Gasteiger partial charge < -0.3 is 5.53 Å². The van der Waals surface area contributed by atoms with E-state index in [1.54, 1.807) is 0 Å². The van der Waals surface area contributed by atoms with Crippen molar-refractivity contribution in [3.05, 3.63) is 101 Å². The summed E-state index contributed by atoms with van der Waals surface area (Å²) in [5, 5.41) is 4.48. The molecule has 120 valence electrons. The molecule has 0 saturated heterocycles. The normalized spacial score (nSPS) is 10.8. The maximum Gasteiger partial charge on any atom is 0.331 e. The molecule has 0 amide bonds. The fourth-order valence-corrected chi connectivity index (χ4v) is 3.61. The van der Waals surface area contributed by atoms with Crippen LogP contribution in [-0.2, 0) is 0 Å². The molecule has 0 saturated carbocycles. The lowest BCUT2D eigenvalue weighted by atomic mass is 9.88. The van der Waals surface area contributed by atoms with Gasteiger partial charge >= 0.3 is 5.71 Å². The molecule has 0 atom stereocenters. The van der Waals surface area contributed by atoms with E-state index in [4.69, 9.17) is 0 Å². The summed E-state index contributed by atoms with van der Waals surface area (Å²) in [4.78, 5) is 3.77. The number of hydrogen-bond donors (Lipinski definition) is 0. The van der Waals surface area contributed by atoms with Crippen LogP contribution in [0.5, 0.6) is 0 Å². The molecule has 0 aliphatic rings. The molecule has 0 bridgehead atoms. The van der Waals surface area contributed by atoms with Crippen molar-refractivity contribution in [3.63, 3.8) is 0 Å². The van der Waals surface area contributed by atoms with Crippen LogP contribution in [0.2, 0.25) is 0 Å². The minimum atomic E-state index is 0.628. The number of fused-ring (bicyclic) bond motifs is 2. The molecule has 4 aromatic carbocycles. The fraction of sp³-hybridized carbons (Fsp3) is 0.0870. The van der Waals surface area contributed by atoms with E-state index in [0.29, 0.717) is 5.71 Å². The minimum Gasteiger partial charge on any atom is -0.361 e. The van der Waals surface area contributed by atoms with E-state index >= 15 is 0 Å². The van der Waals surface area contributed by atoms with Crippen LogP contribution >= 0.6 is 0 Å². The molecule has 0 fully saturated rings.